The van der Waals surface area contributed by atoms with Gasteiger partial charge in [0.2, 0.25) is 15.9 Å². The highest BCUT2D eigenvalue weighted by atomic mass is 35.5. The Hall–Kier alpha value is -2.24. The van der Waals surface area contributed by atoms with Gasteiger partial charge in [0.15, 0.2) is 0 Å². The first-order chi connectivity index (χ1) is 14.2. The number of rotatable bonds is 6. The number of nitrogens with zero attached hydrogens (tertiary/aromatic N) is 3. The number of benzene rings is 2. The van der Waals surface area contributed by atoms with Crippen molar-refractivity contribution in [1.82, 2.24) is 9.21 Å². The smallest absolute Gasteiger partial charge is 0.289 e. The molecule has 0 aromatic heterocycles. The SMILES string of the molecule is O=C(CN1CCN(S(=O)(=O)c2cccc(Cl)c2)CC1)Nc1ccc(Cl)c([N+](=O)[O-])c1. The van der Waals surface area contributed by atoms with Crippen LogP contribution >= 0.6 is 23.2 Å². The van der Waals surface area contributed by atoms with Crippen molar-refractivity contribution in [2.45, 2.75) is 4.90 Å². The average Bonchev–Trinajstić information content (AvgIpc) is 2.69. The topological polar surface area (TPSA) is 113 Å². The van der Waals surface area contributed by atoms with E-state index in [0.29, 0.717) is 18.1 Å². The van der Waals surface area contributed by atoms with E-state index in [9.17, 15) is 23.3 Å². The summed E-state index contributed by atoms with van der Waals surface area (Å²) in [5.74, 6) is -0.363. The van der Waals surface area contributed by atoms with E-state index in [1.165, 1.54) is 34.6 Å². The molecule has 1 heterocycles. The molecule has 9 nitrogen and oxygen atoms in total. The van der Waals surface area contributed by atoms with Crippen molar-refractivity contribution in [3.63, 3.8) is 0 Å². The largest absolute Gasteiger partial charge is 0.325 e. The fraction of sp³-hybridized carbons (Fsp3) is 0.278. The lowest BCUT2D eigenvalue weighted by Crippen LogP contribution is -2.50. The molecule has 0 radical (unpaired) electrons. The lowest BCUT2D eigenvalue weighted by atomic mass is 10.2. The van der Waals surface area contributed by atoms with Gasteiger partial charge in [-0.3, -0.25) is 19.8 Å². The van der Waals surface area contributed by atoms with Gasteiger partial charge < -0.3 is 5.32 Å². The van der Waals surface area contributed by atoms with Crippen LogP contribution in [0.3, 0.4) is 0 Å². The van der Waals surface area contributed by atoms with E-state index in [1.807, 2.05) is 4.90 Å². The Kier molecular flexibility index (Phi) is 6.94. The minimum absolute atomic E-state index is 0.0185. The summed E-state index contributed by atoms with van der Waals surface area (Å²) in [5, 5.41) is 13.9. The number of anilines is 1. The molecule has 30 heavy (non-hydrogen) atoms. The van der Waals surface area contributed by atoms with Crippen LogP contribution in [0.25, 0.3) is 0 Å². The van der Waals surface area contributed by atoms with Crippen LogP contribution in [0.4, 0.5) is 11.4 Å². The van der Waals surface area contributed by atoms with Crippen LogP contribution in [-0.2, 0) is 14.8 Å². The molecular weight excluding hydrogens is 455 g/mol. The van der Waals surface area contributed by atoms with Crippen molar-refractivity contribution in [3.05, 3.63) is 62.6 Å². The van der Waals surface area contributed by atoms with Crippen LogP contribution < -0.4 is 5.32 Å². The van der Waals surface area contributed by atoms with Crippen molar-refractivity contribution >= 4 is 50.5 Å². The second-order valence-corrected chi connectivity index (χ2v) is 9.39. The minimum atomic E-state index is -3.66. The second kappa shape index (κ2) is 9.27. The van der Waals surface area contributed by atoms with Crippen LogP contribution in [0.2, 0.25) is 10.0 Å². The van der Waals surface area contributed by atoms with Crippen molar-refractivity contribution in [2.24, 2.45) is 0 Å². The van der Waals surface area contributed by atoms with Gasteiger partial charge in [0.25, 0.3) is 5.69 Å². The second-order valence-electron chi connectivity index (χ2n) is 6.61. The molecule has 0 atom stereocenters. The minimum Gasteiger partial charge on any atom is -0.325 e. The number of amides is 1. The van der Waals surface area contributed by atoms with Gasteiger partial charge in [-0.25, -0.2) is 8.42 Å². The molecule has 1 saturated heterocycles. The van der Waals surface area contributed by atoms with Gasteiger partial charge in [-0.2, -0.15) is 4.31 Å². The third-order valence-corrected chi connectivity index (χ3v) is 7.01. The highest BCUT2D eigenvalue weighted by Crippen LogP contribution is 2.27. The molecule has 1 N–H and O–H groups in total. The van der Waals surface area contributed by atoms with Crippen molar-refractivity contribution < 1.29 is 18.1 Å². The summed E-state index contributed by atoms with van der Waals surface area (Å²) < 4.78 is 26.8. The maximum Gasteiger partial charge on any atom is 0.289 e. The number of nitrogens with one attached hydrogen (secondary N) is 1. The molecule has 0 spiro atoms. The van der Waals surface area contributed by atoms with E-state index in [1.54, 1.807) is 12.1 Å². The molecule has 0 bridgehead atoms. The molecule has 0 aliphatic carbocycles. The van der Waals surface area contributed by atoms with E-state index >= 15 is 0 Å². The molecule has 12 heteroatoms. The van der Waals surface area contributed by atoms with Gasteiger partial charge in [0.05, 0.1) is 16.4 Å². The summed E-state index contributed by atoms with van der Waals surface area (Å²) in [5.41, 5.74) is -0.0347. The Labute approximate surface area is 183 Å². The van der Waals surface area contributed by atoms with Crippen LogP contribution in [0.5, 0.6) is 0 Å². The lowest BCUT2D eigenvalue weighted by Gasteiger charge is -2.33. The summed E-state index contributed by atoms with van der Waals surface area (Å²) in [6.07, 6.45) is 0. The highest BCUT2D eigenvalue weighted by molar-refractivity contribution is 7.89. The molecule has 160 valence electrons. The van der Waals surface area contributed by atoms with Gasteiger partial charge >= 0.3 is 0 Å². The Morgan fingerprint density at radius 2 is 1.80 bits per heavy atom. The third-order valence-electron chi connectivity index (χ3n) is 4.56. The standard InChI is InChI=1S/C18H18Cl2N4O5S/c19-13-2-1-3-15(10-13)30(28,29)23-8-6-22(7-9-23)12-18(25)21-14-4-5-16(20)17(11-14)24(26)27/h1-5,10-11H,6-9,12H2,(H,21,25). The van der Waals surface area contributed by atoms with Crippen molar-refractivity contribution in [1.29, 1.82) is 0 Å². The summed E-state index contributed by atoms with van der Waals surface area (Å²) in [4.78, 5) is 24.5. The summed E-state index contributed by atoms with van der Waals surface area (Å²) in [6.45, 7) is 1.23. The van der Waals surface area contributed by atoms with E-state index in [-0.39, 0.29) is 46.8 Å². The predicted octanol–water partition coefficient (Wildman–Crippen LogP) is 2.85. The first kappa shape index (κ1) is 22.4. The van der Waals surface area contributed by atoms with Gasteiger partial charge in [-0.1, -0.05) is 29.3 Å². The van der Waals surface area contributed by atoms with E-state index in [2.05, 4.69) is 5.32 Å². The average molecular weight is 473 g/mol. The number of nitro benzene ring substituents is 1. The molecule has 1 aliphatic rings. The van der Waals surface area contributed by atoms with E-state index in [4.69, 9.17) is 23.2 Å². The summed E-state index contributed by atoms with van der Waals surface area (Å²) in [6, 6.07) is 10.1. The molecule has 0 saturated carbocycles. The van der Waals surface area contributed by atoms with E-state index in [0.717, 1.165) is 0 Å². The number of hydrogen-bond acceptors (Lipinski definition) is 6. The number of hydrogen-bond donors (Lipinski definition) is 1. The molecule has 2 aromatic carbocycles. The van der Waals surface area contributed by atoms with Gasteiger partial charge in [0, 0.05) is 43.0 Å². The normalized spacial score (nSPS) is 15.7. The molecule has 1 amide bonds. The van der Waals surface area contributed by atoms with Gasteiger partial charge in [-0.05, 0) is 30.3 Å². The number of halogens is 2. The Morgan fingerprint density at radius 3 is 2.43 bits per heavy atom. The fourth-order valence-corrected chi connectivity index (χ4v) is 4.95. The van der Waals surface area contributed by atoms with Crippen LogP contribution in [-0.4, -0.2) is 61.2 Å². The van der Waals surface area contributed by atoms with Crippen LogP contribution in [0.1, 0.15) is 0 Å². The van der Waals surface area contributed by atoms with Gasteiger partial charge in [0.1, 0.15) is 5.02 Å². The zero-order chi connectivity index (χ0) is 21.9. The highest BCUT2D eigenvalue weighted by Gasteiger charge is 2.29. The first-order valence-electron chi connectivity index (χ1n) is 8.88. The van der Waals surface area contributed by atoms with Crippen molar-refractivity contribution in [3.8, 4) is 0 Å². The number of nitro groups is 1. The first-order valence-corrected chi connectivity index (χ1v) is 11.1. The van der Waals surface area contributed by atoms with Crippen LogP contribution in [0, 0.1) is 10.1 Å². The van der Waals surface area contributed by atoms with Crippen LogP contribution in [0.15, 0.2) is 47.4 Å². The molecule has 1 aliphatic heterocycles. The fourth-order valence-electron chi connectivity index (χ4n) is 3.04. The van der Waals surface area contributed by atoms with Gasteiger partial charge in [-0.15, -0.1) is 0 Å². The zero-order valence-electron chi connectivity index (χ0n) is 15.6. The third kappa shape index (κ3) is 5.27. The molecule has 1 fully saturated rings. The number of sulfonamides is 1. The quantitative estimate of drug-likeness (QED) is 0.510. The summed E-state index contributed by atoms with van der Waals surface area (Å²) in [7, 11) is -3.66. The summed E-state index contributed by atoms with van der Waals surface area (Å²) >= 11 is 11.7. The predicted molar refractivity (Wildman–Crippen MR) is 113 cm³/mol. The maximum absolute atomic E-state index is 12.7. The number of piperazine rings is 1. The number of carbonyl (C=O) groups excluding carboxylic acids is 1. The zero-order valence-corrected chi connectivity index (χ0v) is 18.0. The number of carbonyl (C=O) groups is 1. The molecule has 3 rings (SSSR count). The van der Waals surface area contributed by atoms with E-state index < -0.39 is 14.9 Å². The molecule has 0 unspecified atom stereocenters. The van der Waals surface area contributed by atoms with Crippen molar-refractivity contribution in [2.75, 3.05) is 38.0 Å². The maximum atomic E-state index is 12.7. The molecular formula is C18H18Cl2N4O5S. The Balaban J connectivity index is 1.56. The monoisotopic (exact) mass is 472 g/mol. The Bertz CT molecular complexity index is 1070. The Morgan fingerprint density at radius 1 is 1.10 bits per heavy atom. The molecule has 2 aromatic rings. The lowest BCUT2D eigenvalue weighted by molar-refractivity contribution is -0.384.